The van der Waals surface area contributed by atoms with Crippen LogP contribution in [0.25, 0.3) is 0 Å². The summed E-state index contributed by atoms with van der Waals surface area (Å²) in [7, 11) is 0. The summed E-state index contributed by atoms with van der Waals surface area (Å²) in [6, 6.07) is 4.16. The van der Waals surface area contributed by atoms with Crippen molar-refractivity contribution in [2.75, 3.05) is 0 Å². The monoisotopic (exact) mass is 182 g/mol. The standard InChI is InChI=1S/C10H14OS/c1-3-9(7-8(2)11)10-5-4-6-12-10/h4-6,9H,3,7H2,1-2H3/t9-/m1/s1. The molecule has 0 amide bonds. The number of carbonyl (C=O) groups excluding carboxylic acids is 1. The molecule has 0 bridgehead atoms. The van der Waals surface area contributed by atoms with Crippen molar-refractivity contribution >= 4 is 17.1 Å². The number of rotatable bonds is 4. The molecule has 12 heavy (non-hydrogen) atoms. The van der Waals surface area contributed by atoms with Crippen LogP contribution in [0.5, 0.6) is 0 Å². The molecule has 0 unspecified atom stereocenters. The normalized spacial score (nSPS) is 12.8. The van der Waals surface area contributed by atoms with E-state index < -0.39 is 0 Å². The highest BCUT2D eigenvalue weighted by Crippen LogP contribution is 2.27. The lowest BCUT2D eigenvalue weighted by Crippen LogP contribution is -2.01. The van der Waals surface area contributed by atoms with Crippen molar-refractivity contribution in [2.24, 2.45) is 0 Å². The number of hydrogen-bond acceptors (Lipinski definition) is 2. The smallest absolute Gasteiger partial charge is 0.130 e. The largest absolute Gasteiger partial charge is 0.300 e. The minimum atomic E-state index is 0.287. The summed E-state index contributed by atoms with van der Waals surface area (Å²) in [5.41, 5.74) is 0. The molecule has 0 aliphatic heterocycles. The van der Waals surface area contributed by atoms with Crippen molar-refractivity contribution in [3.63, 3.8) is 0 Å². The summed E-state index contributed by atoms with van der Waals surface area (Å²) in [6.45, 7) is 3.80. The number of ketones is 1. The molecular weight excluding hydrogens is 168 g/mol. The molecule has 2 heteroatoms. The van der Waals surface area contributed by atoms with Crippen molar-refractivity contribution in [1.82, 2.24) is 0 Å². The lowest BCUT2D eigenvalue weighted by molar-refractivity contribution is -0.117. The van der Waals surface area contributed by atoms with Crippen LogP contribution in [-0.4, -0.2) is 5.78 Å². The van der Waals surface area contributed by atoms with Crippen LogP contribution in [0, 0.1) is 0 Å². The Kier molecular flexibility index (Phi) is 3.48. The third-order valence-electron chi connectivity index (χ3n) is 1.97. The first kappa shape index (κ1) is 9.46. The highest BCUT2D eigenvalue weighted by atomic mass is 32.1. The van der Waals surface area contributed by atoms with E-state index in [1.165, 1.54) is 4.88 Å². The van der Waals surface area contributed by atoms with Crippen LogP contribution in [0.15, 0.2) is 17.5 Å². The van der Waals surface area contributed by atoms with Crippen molar-refractivity contribution < 1.29 is 4.79 Å². The molecule has 66 valence electrons. The predicted octanol–water partition coefficient (Wildman–Crippen LogP) is 3.22. The molecule has 1 heterocycles. The van der Waals surface area contributed by atoms with Crippen LogP contribution < -0.4 is 0 Å². The van der Waals surface area contributed by atoms with Crippen LogP contribution in [0.2, 0.25) is 0 Å². The van der Waals surface area contributed by atoms with Gasteiger partial charge in [0.25, 0.3) is 0 Å². The third kappa shape index (κ3) is 2.45. The Morgan fingerprint density at radius 1 is 1.67 bits per heavy atom. The Morgan fingerprint density at radius 3 is 2.83 bits per heavy atom. The van der Waals surface area contributed by atoms with Crippen molar-refractivity contribution in [2.45, 2.75) is 32.6 Å². The van der Waals surface area contributed by atoms with E-state index in [2.05, 4.69) is 18.4 Å². The minimum Gasteiger partial charge on any atom is -0.300 e. The van der Waals surface area contributed by atoms with Gasteiger partial charge in [-0.2, -0.15) is 0 Å². The third-order valence-corrected chi connectivity index (χ3v) is 3.01. The zero-order valence-electron chi connectivity index (χ0n) is 7.54. The molecule has 0 spiro atoms. The molecule has 0 fully saturated rings. The summed E-state index contributed by atoms with van der Waals surface area (Å²) in [6.07, 6.45) is 1.75. The average molecular weight is 182 g/mol. The van der Waals surface area contributed by atoms with Crippen LogP contribution in [0.1, 0.15) is 37.5 Å². The lowest BCUT2D eigenvalue weighted by Gasteiger charge is -2.09. The van der Waals surface area contributed by atoms with Gasteiger partial charge in [0.15, 0.2) is 0 Å². The van der Waals surface area contributed by atoms with Gasteiger partial charge in [-0.3, -0.25) is 0 Å². The van der Waals surface area contributed by atoms with Gasteiger partial charge in [0.05, 0.1) is 0 Å². The molecule has 0 aromatic carbocycles. The van der Waals surface area contributed by atoms with E-state index in [0.717, 1.165) is 6.42 Å². The highest BCUT2D eigenvalue weighted by molar-refractivity contribution is 7.10. The Morgan fingerprint density at radius 2 is 2.42 bits per heavy atom. The van der Waals surface area contributed by atoms with Gasteiger partial charge in [-0.15, -0.1) is 11.3 Å². The van der Waals surface area contributed by atoms with Gasteiger partial charge >= 0.3 is 0 Å². The first-order chi connectivity index (χ1) is 5.74. The van der Waals surface area contributed by atoms with Gasteiger partial charge in [0.1, 0.15) is 5.78 Å². The van der Waals surface area contributed by atoms with E-state index >= 15 is 0 Å². The zero-order chi connectivity index (χ0) is 8.97. The van der Waals surface area contributed by atoms with E-state index in [9.17, 15) is 4.79 Å². The molecule has 0 N–H and O–H groups in total. The van der Waals surface area contributed by atoms with E-state index in [0.29, 0.717) is 12.3 Å². The first-order valence-corrected chi connectivity index (χ1v) is 5.14. The number of thiophene rings is 1. The van der Waals surface area contributed by atoms with Gasteiger partial charge in [0, 0.05) is 11.3 Å². The second-order valence-corrected chi connectivity index (χ2v) is 4.01. The lowest BCUT2D eigenvalue weighted by atomic mass is 9.99. The van der Waals surface area contributed by atoms with Crippen molar-refractivity contribution in [1.29, 1.82) is 0 Å². The van der Waals surface area contributed by atoms with Crippen LogP contribution >= 0.6 is 11.3 Å². The Balaban J connectivity index is 2.63. The molecule has 1 nitrogen and oxygen atoms in total. The molecule has 0 radical (unpaired) electrons. The van der Waals surface area contributed by atoms with E-state index in [-0.39, 0.29) is 5.78 Å². The Labute approximate surface area is 77.4 Å². The molecule has 1 atom stereocenters. The molecule has 0 saturated carbocycles. The molecule has 0 aliphatic carbocycles. The molecule has 1 aromatic rings. The average Bonchev–Trinajstić information content (AvgIpc) is 2.51. The maximum Gasteiger partial charge on any atom is 0.130 e. The molecule has 1 rings (SSSR count). The van der Waals surface area contributed by atoms with E-state index in [4.69, 9.17) is 0 Å². The topological polar surface area (TPSA) is 17.1 Å². The fourth-order valence-corrected chi connectivity index (χ4v) is 2.23. The van der Waals surface area contributed by atoms with Crippen molar-refractivity contribution in [3.05, 3.63) is 22.4 Å². The zero-order valence-corrected chi connectivity index (χ0v) is 8.36. The summed E-state index contributed by atoms with van der Waals surface area (Å²) >= 11 is 1.75. The quantitative estimate of drug-likeness (QED) is 0.698. The predicted molar refractivity (Wildman–Crippen MR) is 52.6 cm³/mol. The number of carbonyl (C=O) groups is 1. The summed E-state index contributed by atoms with van der Waals surface area (Å²) < 4.78 is 0. The second kappa shape index (κ2) is 4.41. The van der Waals surface area contributed by atoms with E-state index in [1.54, 1.807) is 18.3 Å². The van der Waals surface area contributed by atoms with Crippen molar-refractivity contribution in [3.8, 4) is 0 Å². The maximum atomic E-state index is 10.9. The Hall–Kier alpha value is -0.630. The van der Waals surface area contributed by atoms with E-state index in [1.807, 2.05) is 6.07 Å². The number of hydrogen-bond donors (Lipinski definition) is 0. The van der Waals surface area contributed by atoms with Crippen LogP contribution in [0.3, 0.4) is 0 Å². The van der Waals surface area contributed by atoms with Gasteiger partial charge in [-0.1, -0.05) is 13.0 Å². The SMILES string of the molecule is CC[C@H](CC(C)=O)c1cccs1. The number of Topliss-reactive ketones (excluding diaryl/α,β-unsaturated/α-hetero) is 1. The summed E-state index contributed by atoms with van der Waals surface area (Å²) in [5, 5.41) is 2.07. The Bertz CT molecular complexity index is 238. The van der Waals surface area contributed by atoms with Gasteiger partial charge < -0.3 is 4.79 Å². The highest BCUT2D eigenvalue weighted by Gasteiger charge is 2.11. The fourth-order valence-electron chi connectivity index (χ4n) is 1.32. The molecule has 0 saturated heterocycles. The van der Waals surface area contributed by atoms with Crippen LogP contribution in [-0.2, 0) is 4.79 Å². The fraction of sp³-hybridized carbons (Fsp3) is 0.500. The summed E-state index contributed by atoms with van der Waals surface area (Å²) in [4.78, 5) is 12.3. The second-order valence-electron chi connectivity index (χ2n) is 3.03. The molecule has 0 aliphatic rings. The van der Waals surface area contributed by atoms with Crippen LogP contribution in [0.4, 0.5) is 0 Å². The molecule has 1 aromatic heterocycles. The van der Waals surface area contributed by atoms with Gasteiger partial charge in [0.2, 0.25) is 0 Å². The van der Waals surface area contributed by atoms with Gasteiger partial charge in [-0.05, 0) is 30.7 Å². The minimum absolute atomic E-state index is 0.287. The first-order valence-electron chi connectivity index (χ1n) is 4.27. The summed E-state index contributed by atoms with van der Waals surface area (Å²) in [5.74, 6) is 0.734. The maximum absolute atomic E-state index is 10.9. The molecular formula is C10H14OS. The van der Waals surface area contributed by atoms with Gasteiger partial charge in [-0.25, -0.2) is 0 Å².